The number of rotatable bonds is 5. The minimum Gasteiger partial charge on any atom is -0.319 e. The Hall–Kier alpha value is -4.19. The van der Waals surface area contributed by atoms with E-state index in [0.29, 0.717) is 11.2 Å². The Bertz CT molecular complexity index is 1230. The monoisotopic (exact) mass is 409 g/mol. The van der Waals surface area contributed by atoms with Crippen LogP contribution in [0.15, 0.2) is 73.0 Å². The van der Waals surface area contributed by atoms with Gasteiger partial charge in [-0.05, 0) is 42.5 Å². The van der Waals surface area contributed by atoms with Gasteiger partial charge in [0.15, 0.2) is 0 Å². The molecule has 0 saturated heterocycles. The molecule has 0 bridgehead atoms. The summed E-state index contributed by atoms with van der Waals surface area (Å²) in [6.07, 6.45) is -0.688. The second-order valence-corrected chi connectivity index (χ2v) is 6.04. The van der Waals surface area contributed by atoms with Crippen LogP contribution in [-0.2, 0) is 11.0 Å². The first-order valence-corrected chi connectivity index (χ1v) is 8.50. The van der Waals surface area contributed by atoms with Crippen LogP contribution in [0.25, 0.3) is 16.8 Å². The van der Waals surface area contributed by atoms with Crippen molar-refractivity contribution >= 4 is 22.8 Å². The van der Waals surface area contributed by atoms with E-state index in [4.69, 9.17) is 5.26 Å². The van der Waals surface area contributed by atoms with Crippen LogP contribution >= 0.6 is 0 Å². The smallest absolute Gasteiger partial charge is 0.319 e. The SMILES string of the molecule is C=CN=C(C=C)C(=O)Nc1ccc2cc(-c3cc(C#N)ccc3C(F)(F)F)nn2c1. The predicted molar refractivity (Wildman–Crippen MR) is 107 cm³/mol. The summed E-state index contributed by atoms with van der Waals surface area (Å²) in [4.78, 5) is 16.0. The fourth-order valence-electron chi connectivity index (χ4n) is 2.76. The zero-order valence-electron chi connectivity index (χ0n) is 15.4. The summed E-state index contributed by atoms with van der Waals surface area (Å²) in [5, 5.41) is 15.8. The Labute approximate surface area is 169 Å². The number of aliphatic imine (C=N–C) groups is 1. The van der Waals surface area contributed by atoms with Gasteiger partial charge in [0, 0.05) is 11.8 Å². The molecule has 6 nitrogen and oxygen atoms in total. The number of aromatic nitrogens is 2. The molecule has 0 spiro atoms. The molecular formula is C21H14F3N5O. The molecule has 3 rings (SSSR count). The van der Waals surface area contributed by atoms with E-state index in [1.807, 2.05) is 6.07 Å². The number of pyridine rings is 1. The number of nitrogens with zero attached hydrogens (tertiary/aromatic N) is 4. The number of hydrogen-bond acceptors (Lipinski definition) is 4. The van der Waals surface area contributed by atoms with E-state index in [-0.39, 0.29) is 22.5 Å². The summed E-state index contributed by atoms with van der Waals surface area (Å²) < 4.78 is 41.6. The Morgan fingerprint density at radius 3 is 2.63 bits per heavy atom. The third-order valence-electron chi connectivity index (χ3n) is 4.10. The van der Waals surface area contributed by atoms with Gasteiger partial charge in [-0.25, -0.2) is 4.52 Å². The van der Waals surface area contributed by atoms with Crippen molar-refractivity contribution < 1.29 is 18.0 Å². The molecule has 3 aromatic rings. The normalized spacial score (nSPS) is 11.7. The lowest BCUT2D eigenvalue weighted by molar-refractivity contribution is -0.137. The molecule has 0 fully saturated rings. The number of carbonyl (C=O) groups excluding carboxylic acids is 1. The standard InChI is InChI=1S/C21H14F3N5O/c1-3-18(26-4-2)20(30)27-14-6-7-15-10-19(28-29(15)12-14)16-9-13(11-25)5-8-17(16)21(22,23)24/h3-10,12H,1-2H2,(H,27,30). The van der Waals surface area contributed by atoms with Crippen LogP contribution in [0.3, 0.4) is 0 Å². The van der Waals surface area contributed by atoms with Crippen LogP contribution in [-0.4, -0.2) is 21.2 Å². The van der Waals surface area contributed by atoms with Crippen LogP contribution in [0.4, 0.5) is 18.9 Å². The fourth-order valence-corrected chi connectivity index (χ4v) is 2.76. The molecule has 1 aromatic carbocycles. The molecule has 150 valence electrons. The van der Waals surface area contributed by atoms with Gasteiger partial charge in [-0.2, -0.15) is 23.5 Å². The van der Waals surface area contributed by atoms with E-state index in [1.54, 1.807) is 12.1 Å². The minimum atomic E-state index is -4.61. The number of alkyl halides is 3. The Kier molecular flexibility index (Phi) is 5.51. The predicted octanol–water partition coefficient (Wildman–Crippen LogP) is 4.60. The van der Waals surface area contributed by atoms with Gasteiger partial charge < -0.3 is 5.32 Å². The lowest BCUT2D eigenvalue weighted by Crippen LogP contribution is -2.21. The van der Waals surface area contributed by atoms with E-state index >= 15 is 0 Å². The summed E-state index contributed by atoms with van der Waals surface area (Å²) in [6.45, 7) is 6.92. The van der Waals surface area contributed by atoms with Crippen molar-refractivity contribution in [3.63, 3.8) is 0 Å². The van der Waals surface area contributed by atoms with Crippen LogP contribution in [0.1, 0.15) is 11.1 Å². The fraction of sp³-hybridized carbons (Fsp3) is 0.0476. The lowest BCUT2D eigenvalue weighted by atomic mass is 10.0. The van der Waals surface area contributed by atoms with Crippen molar-refractivity contribution in [1.82, 2.24) is 9.61 Å². The van der Waals surface area contributed by atoms with Gasteiger partial charge >= 0.3 is 6.18 Å². The molecule has 1 N–H and O–H groups in total. The highest BCUT2D eigenvalue weighted by Crippen LogP contribution is 2.37. The molecule has 0 saturated carbocycles. The molecule has 0 aliphatic carbocycles. The van der Waals surface area contributed by atoms with Crippen molar-refractivity contribution in [2.24, 2.45) is 4.99 Å². The number of nitriles is 1. The maximum atomic E-state index is 13.4. The average Bonchev–Trinajstić information content (AvgIpc) is 3.14. The third kappa shape index (κ3) is 4.12. The first-order valence-electron chi connectivity index (χ1n) is 8.50. The number of benzene rings is 1. The molecule has 0 unspecified atom stereocenters. The maximum absolute atomic E-state index is 13.4. The molecular weight excluding hydrogens is 395 g/mol. The van der Waals surface area contributed by atoms with E-state index in [1.165, 1.54) is 29.1 Å². The first kappa shape index (κ1) is 20.5. The second kappa shape index (κ2) is 8.05. The molecule has 9 heteroatoms. The van der Waals surface area contributed by atoms with Gasteiger partial charge in [0.1, 0.15) is 5.71 Å². The lowest BCUT2D eigenvalue weighted by Gasteiger charge is -2.11. The quantitative estimate of drug-likeness (QED) is 0.625. The highest BCUT2D eigenvalue weighted by Gasteiger charge is 2.34. The highest BCUT2D eigenvalue weighted by molar-refractivity contribution is 6.47. The van der Waals surface area contributed by atoms with Gasteiger partial charge in [-0.3, -0.25) is 9.79 Å². The molecule has 0 radical (unpaired) electrons. The molecule has 0 aliphatic rings. The van der Waals surface area contributed by atoms with Gasteiger partial charge in [-0.1, -0.05) is 13.2 Å². The van der Waals surface area contributed by atoms with Gasteiger partial charge in [0.05, 0.1) is 40.3 Å². The van der Waals surface area contributed by atoms with Crippen LogP contribution in [0.2, 0.25) is 0 Å². The average molecular weight is 409 g/mol. The maximum Gasteiger partial charge on any atom is 0.417 e. The Morgan fingerprint density at radius 2 is 2.00 bits per heavy atom. The Morgan fingerprint density at radius 1 is 1.23 bits per heavy atom. The number of halogens is 3. The van der Waals surface area contributed by atoms with E-state index in [0.717, 1.165) is 18.2 Å². The van der Waals surface area contributed by atoms with Crippen molar-refractivity contribution in [3.05, 3.63) is 79.2 Å². The van der Waals surface area contributed by atoms with Gasteiger partial charge in [0.2, 0.25) is 0 Å². The summed E-state index contributed by atoms with van der Waals surface area (Å²) in [5.74, 6) is -0.530. The van der Waals surface area contributed by atoms with Gasteiger partial charge in [0.25, 0.3) is 5.91 Å². The Balaban J connectivity index is 2.03. The van der Waals surface area contributed by atoms with E-state index < -0.39 is 17.6 Å². The molecule has 2 aromatic heterocycles. The number of fused-ring (bicyclic) bond motifs is 1. The van der Waals surface area contributed by atoms with Crippen molar-refractivity contribution in [2.45, 2.75) is 6.18 Å². The zero-order chi connectivity index (χ0) is 21.9. The van der Waals surface area contributed by atoms with Crippen LogP contribution < -0.4 is 5.32 Å². The van der Waals surface area contributed by atoms with Crippen molar-refractivity contribution in [3.8, 4) is 17.3 Å². The minimum absolute atomic E-state index is 0.0444. The van der Waals surface area contributed by atoms with E-state index in [9.17, 15) is 18.0 Å². The van der Waals surface area contributed by atoms with E-state index in [2.05, 4.69) is 28.6 Å². The largest absolute Gasteiger partial charge is 0.417 e. The second-order valence-electron chi connectivity index (χ2n) is 6.04. The number of carbonyl (C=O) groups is 1. The van der Waals surface area contributed by atoms with Gasteiger partial charge in [-0.15, -0.1) is 0 Å². The molecule has 0 atom stereocenters. The summed E-state index contributed by atoms with van der Waals surface area (Å²) in [7, 11) is 0. The molecule has 2 heterocycles. The summed E-state index contributed by atoms with van der Waals surface area (Å²) in [5.41, 5.74) is -0.0684. The first-order chi connectivity index (χ1) is 14.3. The molecule has 30 heavy (non-hydrogen) atoms. The summed E-state index contributed by atoms with van der Waals surface area (Å²) >= 11 is 0. The topological polar surface area (TPSA) is 82.5 Å². The molecule has 0 aliphatic heterocycles. The number of nitrogens with one attached hydrogen (secondary N) is 1. The number of amides is 1. The molecule has 1 amide bonds. The third-order valence-corrected chi connectivity index (χ3v) is 4.10. The summed E-state index contributed by atoms with van der Waals surface area (Å²) in [6, 6.07) is 9.57. The number of hydrogen-bond donors (Lipinski definition) is 1. The van der Waals surface area contributed by atoms with Crippen molar-refractivity contribution in [2.75, 3.05) is 5.32 Å². The highest BCUT2D eigenvalue weighted by atomic mass is 19.4. The van der Waals surface area contributed by atoms with Crippen LogP contribution in [0.5, 0.6) is 0 Å². The number of anilines is 1. The van der Waals surface area contributed by atoms with Crippen LogP contribution in [0, 0.1) is 11.3 Å². The van der Waals surface area contributed by atoms with Crippen molar-refractivity contribution in [1.29, 1.82) is 5.26 Å². The zero-order valence-corrected chi connectivity index (χ0v) is 15.4.